The average Bonchev–Trinajstić information content (AvgIpc) is 2.95. The number of thiazole rings is 1. The first-order valence-electron chi connectivity index (χ1n) is 8.37. The van der Waals surface area contributed by atoms with E-state index in [9.17, 15) is 10.1 Å². The van der Waals surface area contributed by atoms with Gasteiger partial charge in [-0.05, 0) is 48.6 Å². The van der Waals surface area contributed by atoms with Crippen LogP contribution in [-0.4, -0.2) is 18.0 Å². The Labute approximate surface area is 151 Å². The van der Waals surface area contributed by atoms with Crippen molar-refractivity contribution in [2.75, 3.05) is 18.0 Å². The molecule has 0 aliphatic carbocycles. The third-order valence-corrected chi connectivity index (χ3v) is 4.77. The Balaban J connectivity index is 2.22. The zero-order valence-electron chi connectivity index (χ0n) is 15.1. The van der Waals surface area contributed by atoms with E-state index in [0.717, 1.165) is 48.5 Å². The number of nitro groups is 1. The number of rotatable bonds is 8. The van der Waals surface area contributed by atoms with Gasteiger partial charge in [0.25, 0.3) is 0 Å². The van der Waals surface area contributed by atoms with Crippen LogP contribution in [0.3, 0.4) is 0 Å². The maximum absolute atomic E-state index is 10.8. The van der Waals surface area contributed by atoms with Gasteiger partial charge in [-0.15, -0.1) is 0 Å². The lowest BCUT2D eigenvalue weighted by atomic mass is 10.1. The summed E-state index contributed by atoms with van der Waals surface area (Å²) < 4.78 is 1.61. The first-order valence-corrected chi connectivity index (χ1v) is 9.19. The molecule has 1 aromatic heterocycles. The van der Waals surface area contributed by atoms with Crippen LogP contribution in [0.25, 0.3) is 0 Å². The highest BCUT2D eigenvalue weighted by atomic mass is 32.1. The monoisotopic (exact) mass is 362 g/mol. The fourth-order valence-corrected chi connectivity index (χ4v) is 3.29. The van der Waals surface area contributed by atoms with Gasteiger partial charge in [0, 0.05) is 30.1 Å². The number of anilines is 1. The molecule has 134 valence electrons. The smallest absolute Gasteiger partial charge is 0.372 e. The lowest BCUT2D eigenvalue weighted by Gasteiger charge is -2.24. The Bertz CT molecular complexity index is 766. The summed E-state index contributed by atoms with van der Waals surface area (Å²) in [4.78, 5) is 12.8. The summed E-state index contributed by atoms with van der Waals surface area (Å²) in [6.07, 6.45) is 3.66. The van der Waals surface area contributed by atoms with Crippen molar-refractivity contribution in [3.8, 4) is 0 Å². The second-order valence-corrected chi connectivity index (χ2v) is 6.87. The molecular weight excluding hydrogens is 338 g/mol. The molecule has 2 rings (SSSR count). The minimum Gasteiger partial charge on any atom is -0.372 e. The summed E-state index contributed by atoms with van der Waals surface area (Å²) in [5.41, 5.74) is 3.00. The SMILES string of the molecule is CCCN(CCC)c1ccc(N=Nc2sc([N+](=O)[O-])c[n+]2C)c(C)c1. The molecule has 0 saturated carbocycles. The van der Waals surface area contributed by atoms with Crippen molar-refractivity contribution in [3.05, 3.63) is 40.1 Å². The van der Waals surface area contributed by atoms with Gasteiger partial charge in [-0.1, -0.05) is 13.8 Å². The van der Waals surface area contributed by atoms with Crippen molar-refractivity contribution >= 4 is 32.8 Å². The van der Waals surface area contributed by atoms with Crippen LogP contribution in [0.1, 0.15) is 32.3 Å². The van der Waals surface area contributed by atoms with E-state index < -0.39 is 4.92 Å². The summed E-state index contributed by atoms with van der Waals surface area (Å²) in [5, 5.41) is 19.8. The molecule has 0 unspecified atom stereocenters. The molecule has 8 heteroatoms. The maximum atomic E-state index is 10.8. The Kier molecular flexibility index (Phi) is 6.58. The Morgan fingerprint density at radius 1 is 1.24 bits per heavy atom. The molecule has 0 radical (unpaired) electrons. The van der Waals surface area contributed by atoms with Crippen LogP contribution in [0.15, 0.2) is 34.6 Å². The lowest BCUT2D eigenvalue weighted by molar-refractivity contribution is -0.656. The third kappa shape index (κ3) is 4.82. The van der Waals surface area contributed by atoms with E-state index in [1.165, 1.54) is 11.9 Å². The van der Waals surface area contributed by atoms with Crippen LogP contribution in [-0.2, 0) is 7.05 Å². The zero-order valence-corrected chi connectivity index (χ0v) is 15.9. The van der Waals surface area contributed by atoms with Crippen molar-refractivity contribution in [2.24, 2.45) is 17.3 Å². The van der Waals surface area contributed by atoms with E-state index in [0.29, 0.717) is 5.13 Å². The van der Waals surface area contributed by atoms with Gasteiger partial charge >= 0.3 is 10.1 Å². The molecule has 1 heterocycles. The molecule has 0 aliphatic rings. The van der Waals surface area contributed by atoms with E-state index in [1.807, 2.05) is 13.0 Å². The van der Waals surface area contributed by atoms with Crippen LogP contribution in [0.5, 0.6) is 0 Å². The molecule has 25 heavy (non-hydrogen) atoms. The number of aromatic nitrogens is 1. The van der Waals surface area contributed by atoms with Crippen LogP contribution in [0, 0.1) is 17.0 Å². The van der Waals surface area contributed by atoms with Gasteiger partial charge in [0.05, 0.1) is 17.1 Å². The summed E-state index contributed by atoms with van der Waals surface area (Å²) in [6.45, 7) is 8.42. The summed E-state index contributed by atoms with van der Waals surface area (Å²) in [7, 11) is 1.72. The fraction of sp³-hybridized carbons (Fsp3) is 0.471. The van der Waals surface area contributed by atoms with Gasteiger partial charge in [0.1, 0.15) is 5.69 Å². The molecule has 0 spiro atoms. The molecule has 0 fully saturated rings. The molecule has 0 atom stereocenters. The average molecular weight is 362 g/mol. The normalized spacial score (nSPS) is 11.2. The van der Waals surface area contributed by atoms with Crippen molar-refractivity contribution in [2.45, 2.75) is 33.6 Å². The first kappa shape index (κ1) is 19.0. The van der Waals surface area contributed by atoms with E-state index in [1.54, 1.807) is 11.6 Å². The number of hydrogen-bond donors (Lipinski definition) is 0. The predicted octanol–water partition coefficient (Wildman–Crippen LogP) is 4.83. The molecule has 0 saturated heterocycles. The van der Waals surface area contributed by atoms with Crippen molar-refractivity contribution in [1.82, 2.24) is 0 Å². The predicted molar refractivity (Wildman–Crippen MR) is 100 cm³/mol. The first-order chi connectivity index (χ1) is 12.0. The quantitative estimate of drug-likeness (QED) is 0.292. The summed E-state index contributed by atoms with van der Waals surface area (Å²) in [6, 6.07) is 6.13. The topological polar surface area (TPSA) is 75.0 Å². The minimum absolute atomic E-state index is 0.0540. The van der Waals surface area contributed by atoms with Gasteiger partial charge in [-0.25, -0.2) is 4.57 Å². The van der Waals surface area contributed by atoms with Crippen LogP contribution in [0.4, 0.5) is 21.5 Å². The maximum Gasteiger partial charge on any atom is 0.414 e. The van der Waals surface area contributed by atoms with Crippen molar-refractivity contribution < 1.29 is 9.49 Å². The van der Waals surface area contributed by atoms with Gasteiger partial charge in [-0.3, -0.25) is 10.1 Å². The standard InChI is InChI=1S/C17H24N5O2S/c1-5-9-21(10-6-2)14-7-8-15(13(3)11-14)18-19-17-20(4)12-16(25-17)22(23)24/h7-8,11-12H,5-6,9-10H2,1-4H3/q+1. The number of hydrogen-bond acceptors (Lipinski definition) is 6. The van der Waals surface area contributed by atoms with Gasteiger partial charge in [-0.2, -0.15) is 0 Å². The third-order valence-electron chi connectivity index (χ3n) is 3.76. The van der Waals surface area contributed by atoms with Crippen LogP contribution >= 0.6 is 11.3 Å². The molecular formula is C17H24N5O2S+. The highest BCUT2D eigenvalue weighted by Crippen LogP contribution is 2.29. The molecule has 0 aliphatic heterocycles. The van der Waals surface area contributed by atoms with E-state index in [2.05, 4.69) is 41.1 Å². The second kappa shape index (κ2) is 8.66. The molecule has 0 amide bonds. The number of benzene rings is 1. The molecule has 0 bridgehead atoms. The highest BCUT2D eigenvalue weighted by molar-refractivity contribution is 7.17. The number of nitrogens with zero attached hydrogens (tertiary/aromatic N) is 5. The largest absolute Gasteiger partial charge is 0.414 e. The second-order valence-electron chi connectivity index (χ2n) is 5.88. The van der Waals surface area contributed by atoms with E-state index in [-0.39, 0.29) is 5.00 Å². The summed E-state index contributed by atoms with van der Waals surface area (Å²) >= 11 is 1.01. The fourth-order valence-electron chi connectivity index (χ4n) is 2.54. The van der Waals surface area contributed by atoms with Crippen LogP contribution < -0.4 is 9.47 Å². The van der Waals surface area contributed by atoms with Gasteiger partial charge in [0.15, 0.2) is 6.20 Å². The molecule has 2 aromatic rings. The minimum atomic E-state index is -0.417. The van der Waals surface area contributed by atoms with E-state index >= 15 is 0 Å². The molecule has 0 N–H and O–H groups in total. The van der Waals surface area contributed by atoms with Gasteiger partial charge < -0.3 is 4.90 Å². The zero-order chi connectivity index (χ0) is 18.4. The highest BCUT2D eigenvalue weighted by Gasteiger charge is 2.21. The number of aryl methyl sites for hydroxylation is 2. The lowest BCUT2D eigenvalue weighted by Crippen LogP contribution is -2.24. The molecule has 1 aromatic carbocycles. The Morgan fingerprint density at radius 3 is 2.44 bits per heavy atom. The Morgan fingerprint density at radius 2 is 1.92 bits per heavy atom. The van der Waals surface area contributed by atoms with Crippen molar-refractivity contribution in [1.29, 1.82) is 0 Å². The molecule has 7 nitrogen and oxygen atoms in total. The Hall–Kier alpha value is -2.35. The summed E-state index contributed by atoms with van der Waals surface area (Å²) in [5.74, 6) is 0. The van der Waals surface area contributed by atoms with Crippen LogP contribution in [0.2, 0.25) is 0 Å². The van der Waals surface area contributed by atoms with E-state index in [4.69, 9.17) is 0 Å². The van der Waals surface area contributed by atoms with Gasteiger partial charge in [0.2, 0.25) is 0 Å². The number of azo groups is 1. The van der Waals surface area contributed by atoms with Crippen molar-refractivity contribution in [3.63, 3.8) is 0 Å².